The van der Waals surface area contributed by atoms with Crippen LogP contribution < -0.4 is 5.32 Å². The molecule has 2 saturated heterocycles. The highest BCUT2D eigenvalue weighted by Gasteiger charge is 2.33. The Bertz CT molecular complexity index is 186. The van der Waals surface area contributed by atoms with E-state index in [0.717, 1.165) is 12.8 Å². The summed E-state index contributed by atoms with van der Waals surface area (Å²) < 4.78 is 0. The van der Waals surface area contributed by atoms with Crippen molar-refractivity contribution in [2.24, 2.45) is 5.92 Å². The lowest BCUT2D eigenvalue weighted by molar-refractivity contribution is -0.138. The fraction of sp³-hybridized carbons (Fsp3) is 0.889. The summed E-state index contributed by atoms with van der Waals surface area (Å²) in [5.74, 6) is -0.206. The SMILES string of the molecule is Cl.O=C(O)C[C@H]1C[C@H]2CC[C@@H](C1)N2. The van der Waals surface area contributed by atoms with E-state index in [4.69, 9.17) is 5.11 Å². The molecular formula is C9H16ClNO2. The lowest BCUT2D eigenvalue weighted by atomic mass is 9.90. The van der Waals surface area contributed by atoms with Gasteiger partial charge in [0, 0.05) is 18.5 Å². The van der Waals surface area contributed by atoms with Crippen LogP contribution in [0.25, 0.3) is 0 Å². The first-order chi connectivity index (χ1) is 5.74. The van der Waals surface area contributed by atoms with Crippen molar-refractivity contribution in [2.45, 2.75) is 44.2 Å². The van der Waals surface area contributed by atoms with E-state index in [1.807, 2.05) is 0 Å². The molecule has 13 heavy (non-hydrogen) atoms. The molecule has 0 aromatic carbocycles. The maximum atomic E-state index is 10.5. The van der Waals surface area contributed by atoms with Gasteiger partial charge < -0.3 is 10.4 Å². The monoisotopic (exact) mass is 205 g/mol. The van der Waals surface area contributed by atoms with Crippen LogP contribution in [0.5, 0.6) is 0 Å². The van der Waals surface area contributed by atoms with E-state index in [2.05, 4.69) is 5.32 Å². The van der Waals surface area contributed by atoms with Crippen LogP contribution in [0.4, 0.5) is 0 Å². The fourth-order valence-corrected chi connectivity index (χ4v) is 2.59. The smallest absolute Gasteiger partial charge is 0.303 e. The molecule has 2 aliphatic heterocycles. The van der Waals surface area contributed by atoms with Crippen LogP contribution in [0.2, 0.25) is 0 Å². The molecule has 0 saturated carbocycles. The second-order valence-corrected chi connectivity index (χ2v) is 4.07. The number of hydrogen-bond acceptors (Lipinski definition) is 2. The van der Waals surface area contributed by atoms with Crippen molar-refractivity contribution >= 4 is 18.4 Å². The summed E-state index contributed by atoms with van der Waals surface area (Å²) in [4.78, 5) is 10.5. The van der Waals surface area contributed by atoms with Crippen LogP contribution in [-0.2, 0) is 4.79 Å². The Labute approximate surface area is 84.3 Å². The van der Waals surface area contributed by atoms with Gasteiger partial charge in [0.2, 0.25) is 0 Å². The number of halogens is 1. The molecular weight excluding hydrogens is 190 g/mol. The molecule has 2 bridgehead atoms. The summed E-state index contributed by atoms with van der Waals surface area (Å²) in [6, 6.07) is 1.24. The van der Waals surface area contributed by atoms with Gasteiger partial charge in [0.25, 0.3) is 0 Å². The maximum Gasteiger partial charge on any atom is 0.303 e. The zero-order chi connectivity index (χ0) is 8.55. The second-order valence-electron chi connectivity index (χ2n) is 4.07. The third-order valence-electron chi connectivity index (χ3n) is 3.03. The number of carboxylic acids is 1. The minimum absolute atomic E-state index is 0. The standard InChI is InChI=1S/C9H15NO2.ClH/c11-9(12)5-6-3-7-1-2-8(4-6)10-7;/h6-8,10H,1-5H2,(H,11,12);1H/t6-,7+,8-;. The van der Waals surface area contributed by atoms with Gasteiger partial charge in [0.15, 0.2) is 0 Å². The molecule has 4 heteroatoms. The van der Waals surface area contributed by atoms with Crippen molar-refractivity contribution in [1.29, 1.82) is 0 Å². The van der Waals surface area contributed by atoms with Crippen LogP contribution >= 0.6 is 12.4 Å². The Morgan fingerprint density at radius 2 is 1.85 bits per heavy atom. The van der Waals surface area contributed by atoms with Crippen molar-refractivity contribution in [3.63, 3.8) is 0 Å². The van der Waals surface area contributed by atoms with Gasteiger partial charge in [0.1, 0.15) is 0 Å². The zero-order valence-electron chi connectivity index (χ0n) is 7.53. The molecule has 0 spiro atoms. The molecule has 2 rings (SSSR count). The van der Waals surface area contributed by atoms with Crippen LogP contribution in [-0.4, -0.2) is 23.2 Å². The molecule has 76 valence electrons. The topological polar surface area (TPSA) is 49.3 Å². The van der Waals surface area contributed by atoms with Crippen LogP contribution in [0.1, 0.15) is 32.1 Å². The molecule has 2 fully saturated rings. The summed E-state index contributed by atoms with van der Waals surface area (Å²) in [6.07, 6.45) is 5.02. The van der Waals surface area contributed by atoms with Gasteiger partial charge in [-0.3, -0.25) is 4.79 Å². The first-order valence-electron chi connectivity index (χ1n) is 4.72. The molecule has 0 amide bonds. The van der Waals surface area contributed by atoms with Crippen molar-refractivity contribution in [3.05, 3.63) is 0 Å². The predicted octanol–water partition coefficient (Wildman–Crippen LogP) is 1.41. The molecule has 2 heterocycles. The average Bonchev–Trinajstić information content (AvgIpc) is 2.29. The maximum absolute atomic E-state index is 10.5. The first kappa shape index (κ1) is 10.8. The average molecular weight is 206 g/mol. The van der Waals surface area contributed by atoms with Gasteiger partial charge in [-0.15, -0.1) is 12.4 Å². The summed E-state index contributed by atoms with van der Waals surface area (Å²) >= 11 is 0. The number of carboxylic acid groups (broad SMARTS) is 1. The highest BCUT2D eigenvalue weighted by atomic mass is 35.5. The van der Waals surface area contributed by atoms with Gasteiger partial charge in [-0.2, -0.15) is 0 Å². The molecule has 2 aliphatic rings. The predicted molar refractivity (Wildman–Crippen MR) is 52.2 cm³/mol. The van der Waals surface area contributed by atoms with Crippen LogP contribution in [0.3, 0.4) is 0 Å². The van der Waals surface area contributed by atoms with E-state index in [-0.39, 0.29) is 12.4 Å². The van der Waals surface area contributed by atoms with Gasteiger partial charge in [-0.1, -0.05) is 0 Å². The summed E-state index contributed by atoms with van der Waals surface area (Å²) in [5, 5.41) is 12.1. The van der Waals surface area contributed by atoms with Gasteiger partial charge >= 0.3 is 5.97 Å². The number of carbonyl (C=O) groups is 1. The minimum Gasteiger partial charge on any atom is -0.481 e. The van der Waals surface area contributed by atoms with Gasteiger partial charge in [-0.25, -0.2) is 0 Å². The Morgan fingerprint density at radius 3 is 2.31 bits per heavy atom. The lowest BCUT2D eigenvalue weighted by Gasteiger charge is -2.27. The third kappa shape index (κ3) is 2.58. The van der Waals surface area contributed by atoms with Gasteiger partial charge in [0.05, 0.1) is 0 Å². The Hall–Kier alpha value is -0.280. The number of piperidine rings is 1. The van der Waals surface area contributed by atoms with E-state index in [0.29, 0.717) is 24.4 Å². The molecule has 0 aromatic rings. The Kier molecular flexibility index (Phi) is 3.56. The Balaban J connectivity index is 0.000000845. The van der Waals surface area contributed by atoms with E-state index < -0.39 is 5.97 Å². The zero-order valence-corrected chi connectivity index (χ0v) is 8.35. The quantitative estimate of drug-likeness (QED) is 0.717. The van der Waals surface area contributed by atoms with Crippen molar-refractivity contribution in [1.82, 2.24) is 5.32 Å². The lowest BCUT2D eigenvalue weighted by Crippen LogP contribution is -2.38. The van der Waals surface area contributed by atoms with Gasteiger partial charge in [-0.05, 0) is 31.6 Å². The van der Waals surface area contributed by atoms with E-state index in [1.54, 1.807) is 0 Å². The van der Waals surface area contributed by atoms with Crippen molar-refractivity contribution < 1.29 is 9.90 Å². The molecule has 0 aromatic heterocycles. The molecule has 3 atom stereocenters. The first-order valence-corrected chi connectivity index (χ1v) is 4.72. The largest absolute Gasteiger partial charge is 0.481 e. The van der Waals surface area contributed by atoms with E-state index >= 15 is 0 Å². The van der Waals surface area contributed by atoms with Crippen LogP contribution in [0, 0.1) is 5.92 Å². The fourth-order valence-electron chi connectivity index (χ4n) is 2.59. The summed E-state index contributed by atoms with van der Waals surface area (Å²) in [7, 11) is 0. The van der Waals surface area contributed by atoms with Crippen molar-refractivity contribution in [3.8, 4) is 0 Å². The molecule has 2 N–H and O–H groups in total. The molecule has 3 nitrogen and oxygen atoms in total. The summed E-state index contributed by atoms with van der Waals surface area (Å²) in [5.41, 5.74) is 0. The van der Waals surface area contributed by atoms with E-state index in [1.165, 1.54) is 12.8 Å². The summed E-state index contributed by atoms with van der Waals surface area (Å²) in [6.45, 7) is 0. The number of aliphatic carboxylic acids is 1. The molecule has 0 unspecified atom stereocenters. The molecule has 0 radical (unpaired) electrons. The van der Waals surface area contributed by atoms with Crippen LogP contribution in [0.15, 0.2) is 0 Å². The van der Waals surface area contributed by atoms with Crippen molar-refractivity contribution in [2.75, 3.05) is 0 Å². The Morgan fingerprint density at radius 1 is 1.31 bits per heavy atom. The second kappa shape index (κ2) is 4.29. The molecule has 0 aliphatic carbocycles. The number of hydrogen-bond donors (Lipinski definition) is 2. The highest BCUT2D eigenvalue weighted by molar-refractivity contribution is 5.85. The number of rotatable bonds is 2. The highest BCUT2D eigenvalue weighted by Crippen LogP contribution is 2.32. The number of fused-ring (bicyclic) bond motifs is 2. The third-order valence-corrected chi connectivity index (χ3v) is 3.03. The minimum atomic E-state index is -0.638. The number of nitrogens with one attached hydrogen (secondary N) is 1. The van der Waals surface area contributed by atoms with E-state index in [9.17, 15) is 4.79 Å². The normalized spacial score (nSPS) is 36.8.